The fourth-order valence-corrected chi connectivity index (χ4v) is 3.58. The molecular weight excluding hydrogens is 296 g/mol. The Kier molecular flexibility index (Phi) is 6.15. The number of piperidine rings is 1. The van der Waals surface area contributed by atoms with E-state index in [4.69, 9.17) is 0 Å². The Morgan fingerprint density at radius 2 is 1.95 bits per heavy atom. The molecule has 1 rings (SSSR count). The lowest BCUT2D eigenvalue weighted by Crippen LogP contribution is -2.55. The quantitative estimate of drug-likeness (QED) is 0.676. The molecule has 21 heavy (non-hydrogen) atoms. The topological polar surface area (TPSA) is 84.0 Å². The van der Waals surface area contributed by atoms with Crippen molar-refractivity contribution in [2.75, 3.05) is 26.5 Å². The Morgan fingerprint density at radius 1 is 1.33 bits per heavy atom. The summed E-state index contributed by atoms with van der Waals surface area (Å²) in [6.45, 7) is 3.75. The van der Waals surface area contributed by atoms with Crippen molar-refractivity contribution >= 4 is 21.9 Å². The van der Waals surface area contributed by atoms with Gasteiger partial charge < -0.3 is 9.64 Å². The van der Waals surface area contributed by atoms with Crippen molar-refractivity contribution in [3.63, 3.8) is 0 Å². The van der Waals surface area contributed by atoms with Crippen molar-refractivity contribution < 1.29 is 22.7 Å². The summed E-state index contributed by atoms with van der Waals surface area (Å²) in [4.78, 5) is 25.5. The van der Waals surface area contributed by atoms with Crippen LogP contribution in [0, 0.1) is 0 Å². The van der Waals surface area contributed by atoms with E-state index >= 15 is 0 Å². The van der Waals surface area contributed by atoms with E-state index in [0.29, 0.717) is 13.0 Å². The average molecular weight is 320 g/mol. The smallest absolute Gasteiger partial charge is 0.325 e. The summed E-state index contributed by atoms with van der Waals surface area (Å²) in [6.07, 6.45) is 3.14. The van der Waals surface area contributed by atoms with Crippen LogP contribution < -0.4 is 0 Å². The Balaban J connectivity index is 2.97. The number of amides is 1. The second-order valence-corrected chi connectivity index (χ2v) is 7.46. The Hall–Kier alpha value is -1.15. The summed E-state index contributed by atoms with van der Waals surface area (Å²) in [5.41, 5.74) is 0. The molecule has 0 spiro atoms. The predicted octanol–water partition coefficient (Wildman–Crippen LogP) is 0.211. The van der Waals surface area contributed by atoms with Gasteiger partial charge in [0.2, 0.25) is 15.9 Å². The van der Waals surface area contributed by atoms with E-state index in [1.807, 2.05) is 0 Å². The van der Waals surface area contributed by atoms with Crippen LogP contribution in [0.2, 0.25) is 0 Å². The molecule has 8 heteroatoms. The van der Waals surface area contributed by atoms with Crippen LogP contribution in [-0.4, -0.2) is 68.0 Å². The van der Waals surface area contributed by atoms with E-state index in [1.165, 1.54) is 16.3 Å². The lowest BCUT2D eigenvalue weighted by molar-refractivity contribution is -0.150. The number of methoxy groups -OCH3 is 1. The maximum absolute atomic E-state index is 12.7. The number of ether oxygens (including phenoxy) is 1. The van der Waals surface area contributed by atoms with Gasteiger partial charge in [-0.15, -0.1) is 0 Å². The molecule has 1 unspecified atom stereocenters. The highest BCUT2D eigenvalue weighted by Crippen LogP contribution is 2.22. The lowest BCUT2D eigenvalue weighted by atomic mass is 10.0. The molecule has 7 nitrogen and oxygen atoms in total. The average Bonchev–Trinajstić information content (AvgIpc) is 2.42. The summed E-state index contributed by atoms with van der Waals surface area (Å²) < 4.78 is 29.5. The molecule has 0 aromatic heterocycles. The Morgan fingerprint density at radius 3 is 2.43 bits per heavy atom. The SMILES string of the molecule is COC(=O)CN(C(=O)C1CCCCN1S(C)(=O)=O)C(C)C. The fourth-order valence-electron chi connectivity index (χ4n) is 2.46. The summed E-state index contributed by atoms with van der Waals surface area (Å²) in [5.74, 6) is -0.848. The summed E-state index contributed by atoms with van der Waals surface area (Å²) >= 11 is 0. The molecule has 0 aromatic rings. The van der Waals surface area contributed by atoms with Crippen LogP contribution in [0.5, 0.6) is 0 Å². The third kappa shape index (κ3) is 4.67. The van der Waals surface area contributed by atoms with E-state index in [-0.39, 0.29) is 18.5 Å². The second kappa shape index (κ2) is 7.22. The summed E-state index contributed by atoms with van der Waals surface area (Å²) in [6, 6.07) is -0.930. The first-order valence-corrected chi connectivity index (χ1v) is 8.87. The molecule has 1 saturated heterocycles. The molecule has 0 aliphatic carbocycles. The minimum atomic E-state index is -3.44. The first-order valence-electron chi connectivity index (χ1n) is 7.02. The largest absolute Gasteiger partial charge is 0.468 e. The molecule has 1 aliphatic heterocycles. The van der Waals surface area contributed by atoms with Gasteiger partial charge in [0.1, 0.15) is 12.6 Å². The van der Waals surface area contributed by atoms with Crippen LogP contribution in [0.3, 0.4) is 0 Å². The van der Waals surface area contributed by atoms with Crippen LogP contribution in [-0.2, 0) is 24.3 Å². The molecule has 0 saturated carbocycles. The number of esters is 1. The molecule has 1 amide bonds. The van der Waals surface area contributed by atoms with E-state index in [1.54, 1.807) is 13.8 Å². The molecule has 1 aliphatic rings. The molecule has 0 bridgehead atoms. The highest BCUT2D eigenvalue weighted by atomic mass is 32.2. The molecule has 0 radical (unpaired) electrons. The number of nitrogens with zero attached hydrogens (tertiary/aromatic N) is 2. The van der Waals surface area contributed by atoms with Crippen molar-refractivity contribution in [2.24, 2.45) is 0 Å². The summed E-state index contributed by atoms with van der Waals surface area (Å²) in [7, 11) is -2.19. The van der Waals surface area contributed by atoms with Gasteiger partial charge >= 0.3 is 5.97 Å². The summed E-state index contributed by atoms with van der Waals surface area (Å²) in [5, 5.41) is 0. The number of hydrogen-bond acceptors (Lipinski definition) is 5. The van der Waals surface area contributed by atoms with Crippen molar-refractivity contribution in [2.45, 2.75) is 45.2 Å². The van der Waals surface area contributed by atoms with Crippen LogP contribution in [0.15, 0.2) is 0 Å². The molecule has 122 valence electrons. The van der Waals surface area contributed by atoms with Gasteiger partial charge in [-0.2, -0.15) is 4.31 Å². The van der Waals surface area contributed by atoms with Crippen LogP contribution in [0.1, 0.15) is 33.1 Å². The number of hydrogen-bond donors (Lipinski definition) is 0. The Bertz CT molecular complexity index is 489. The van der Waals surface area contributed by atoms with Gasteiger partial charge in [0.05, 0.1) is 13.4 Å². The minimum Gasteiger partial charge on any atom is -0.468 e. The lowest BCUT2D eigenvalue weighted by Gasteiger charge is -2.37. The Labute approximate surface area is 126 Å². The molecule has 1 fully saturated rings. The van der Waals surface area contributed by atoms with E-state index in [0.717, 1.165) is 19.1 Å². The first-order chi connectivity index (χ1) is 9.68. The zero-order valence-corrected chi connectivity index (χ0v) is 13.9. The maximum Gasteiger partial charge on any atom is 0.325 e. The van der Waals surface area contributed by atoms with E-state index in [2.05, 4.69) is 4.74 Å². The van der Waals surface area contributed by atoms with Gasteiger partial charge in [-0.1, -0.05) is 6.42 Å². The predicted molar refractivity (Wildman–Crippen MR) is 78.1 cm³/mol. The third-order valence-electron chi connectivity index (χ3n) is 3.60. The van der Waals surface area contributed by atoms with E-state index < -0.39 is 22.0 Å². The molecule has 1 heterocycles. The molecule has 0 N–H and O–H groups in total. The van der Waals surface area contributed by atoms with Gasteiger partial charge in [0, 0.05) is 12.6 Å². The van der Waals surface area contributed by atoms with Crippen LogP contribution >= 0.6 is 0 Å². The van der Waals surface area contributed by atoms with Gasteiger partial charge in [-0.3, -0.25) is 9.59 Å². The van der Waals surface area contributed by atoms with Crippen molar-refractivity contribution in [3.8, 4) is 0 Å². The number of rotatable bonds is 5. The molecule has 0 aromatic carbocycles. The van der Waals surface area contributed by atoms with Gasteiger partial charge in [0.15, 0.2) is 0 Å². The van der Waals surface area contributed by atoms with Crippen molar-refractivity contribution in [1.82, 2.24) is 9.21 Å². The van der Waals surface area contributed by atoms with E-state index in [9.17, 15) is 18.0 Å². The zero-order valence-electron chi connectivity index (χ0n) is 13.0. The highest BCUT2D eigenvalue weighted by Gasteiger charge is 2.37. The van der Waals surface area contributed by atoms with Crippen LogP contribution in [0.4, 0.5) is 0 Å². The van der Waals surface area contributed by atoms with Crippen molar-refractivity contribution in [3.05, 3.63) is 0 Å². The van der Waals surface area contributed by atoms with Gasteiger partial charge in [0.25, 0.3) is 0 Å². The number of sulfonamides is 1. The monoisotopic (exact) mass is 320 g/mol. The minimum absolute atomic E-state index is 0.166. The third-order valence-corrected chi connectivity index (χ3v) is 4.89. The standard InChI is InChI=1S/C13H24N2O5S/c1-10(2)14(9-12(16)20-3)13(17)11-7-5-6-8-15(11)21(4,18)19/h10-11H,5-9H2,1-4H3. The highest BCUT2D eigenvalue weighted by molar-refractivity contribution is 7.88. The van der Waals surface area contributed by atoms with Gasteiger partial charge in [-0.05, 0) is 26.7 Å². The van der Waals surface area contributed by atoms with Crippen LogP contribution in [0.25, 0.3) is 0 Å². The fraction of sp³-hybridized carbons (Fsp3) is 0.846. The maximum atomic E-state index is 12.7. The second-order valence-electron chi connectivity index (χ2n) is 5.52. The van der Waals surface area contributed by atoms with Crippen molar-refractivity contribution in [1.29, 1.82) is 0 Å². The first kappa shape index (κ1) is 17.9. The molecular formula is C13H24N2O5S. The number of carbonyl (C=O) groups is 2. The normalized spacial score (nSPS) is 20.3. The zero-order chi connectivity index (χ0) is 16.2. The molecule has 1 atom stereocenters. The van der Waals surface area contributed by atoms with Gasteiger partial charge in [-0.25, -0.2) is 8.42 Å². The number of carbonyl (C=O) groups excluding carboxylic acids is 2.